The molecule has 0 aromatic carbocycles. The van der Waals surface area contributed by atoms with Gasteiger partial charge in [-0.15, -0.1) is 0 Å². The highest BCUT2D eigenvalue weighted by Crippen LogP contribution is 2.20. The van der Waals surface area contributed by atoms with E-state index in [4.69, 9.17) is 10.5 Å². The first-order valence-corrected chi connectivity index (χ1v) is 6.92. The molecule has 0 radical (unpaired) electrons. The third-order valence-corrected chi connectivity index (χ3v) is 3.10. The van der Waals surface area contributed by atoms with Gasteiger partial charge in [-0.1, -0.05) is 6.07 Å². The van der Waals surface area contributed by atoms with E-state index in [0.29, 0.717) is 12.6 Å². The van der Waals surface area contributed by atoms with Crippen LogP contribution >= 0.6 is 0 Å². The number of nitrogens with two attached hydrogens (primary N) is 1. The molecule has 19 heavy (non-hydrogen) atoms. The lowest BCUT2D eigenvalue weighted by atomic mass is 10.1. The molecule has 0 bridgehead atoms. The van der Waals surface area contributed by atoms with Crippen LogP contribution in [-0.2, 0) is 11.2 Å². The Bertz CT molecular complexity index is 391. The van der Waals surface area contributed by atoms with Crippen molar-refractivity contribution in [3.63, 3.8) is 0 Å². The highest BCUT2D eigenvalue weighted by atomic mass is 16.5. The van der Waals surface area contributed by atoms with Crippen LogP contribution in [-0.4, -0.2) is 37.3 Å². The van der Waals surface area contributed by atoms with Crippen LogP contribution in [0, 0.1) is 6.92 Å². The first kappa shape index (κ1) is 15.9. The maximum absolute atomic E-state index is 5.83. The molecule has 1 aromatic rings. The molecule has 1 rings (SSSR count). The van der Waals surface area contributed by atoms with E-state index in [2.05, 4.69) is 36.7 Å². The summed E-state index contributed by atoms with van der Waals surface area (Å²) in [5.41, 5.74) is 8.23. The third kappa shape index (κ3) is 4.80. The lowest BCUT2D eigenvalue weighted by Crippen LogP contribution is -2.35. The molecule has 0 aliphatic rings. The molecule has 0 saturated heterocycles. The second-order valence-electron chi connectivity index (χ2n) is 5.45. The second-order valence-corrected chi connectivity index (χ2v) is 5.45. The SMILES string of the molecule is COCCN(c1ncc(CC(C)N)cc1C)C(C)C. The topological polar surface area (TPSA) is 51.4 Å². The second kappa shape index (κ2) is 7.46. The summed E-state index contributed by atoms with van der Waals surface area (Å²) in [4.78, 5) is 6.89. The molecule has 0 saturated carbocycles. The molecule has 1 heterocycles. The summed E-state index contributed by atoms with van der Waals surface area (Å²) in [5.74, 6) is 1.04. The van der Waals surface area contributed by atoms with Crippen LogP contribution in [0.15, 0.2) is 12.3 Å². The Morgan fingerprint density at radius 2 is 2.05 bits per heavy atom. The summed E-state index contributed by atoms with van der Waals surface area (Å²) in [5, 5.41) is 0. The monoisotopic (exact) mass is 265 g/mol. The van der Waals surface area contributed by atoms with Crippen LogP contribution in [0.1, 0.15) is 31.9 Å². The number of ether oxygens (including phenoxy) is 1. The first-order chi connectivity index (χ1) is 8.95. The maximum Gasteiger partial charge on any atom is 0.131 e. The summed E-state index contributed by atoms with van der Waals surface area (Å²) in [6, 6.07) is 2.76. The molecular formula is C15H27N3O. The number of hydrogen-bond acceptors (Lipinski definition) is 4. The maximum atomic E-state index is 5.83. The fraction of sp³-hybridized carbons (Fsp3) is 0.667. The largest absolute Gasteiger partial charge is 0.383 e. The lowest BCUT2D eigenvalue weighted by molar-refractivity contribution is 0.203. The van der Waals surface area contributed by atoms with E-state index in [0.717, 1.165) is 18.8 Å². The summed E-state index contributed by atoms with van der Waals surface area (Å²) in [7, 11) is 1.73. The molecule has 0 spiro atoms. The zero-order valence-electron chi connectivity index (χ0n) is 12.8. The summed E-state index contributed by atoms with van der Waals surface area (Å²) in [6.07, 6.45) is 2.81. The zero-order valence-corrected chi connectivity index (χ0v) is 12.8. The molecule has 0 aliphatic carbocycles. The Kier molecular flexibility index (Phi) is 6.25. The number of methoxy groups -OCH3 is 1. The molecule has 2 N–H and O–H groups in total. The van der Waals surface area contributed by atoms with Gasteiger partial charge in [-0.05, 0) is 45.2 Å². The minimum Gasteiger partial charge on any atom is -0.383 e. The Morgan fingerprint density at radius 1 is 1.37 bits per heavy atom. The van der Waals surface area contributed by atoms with Gasteiger partial charge in [0.1, 0.15) is 5.82 Å². The average Bonchev–Trinajstić information content (AvgIpc) is 2.30. The molecule has 0 amide bonds. The predicted octanol–water partition coefficient (Wildman–Crippen LogP) is 2.14. The standard InChI is InChI=1S/C15H27N3O/c1-11(2)18(6-7-19-5)15-12(3)8-14(10-17-15)9-13(4)16/h8,10-11,13H,6-7,9,16H2,1-5H3. The van der Waals surface area contributed by atoms with Crippen molar-refractivity contribution >= 4 is 5.82 Å². The van der Waals surface area contributed by atoms with E-state index < -0.39 is 0 Å². The van der Waals surface area contributed by atoms with E-state index >= 15 is 0 Å². The molecule has 1 unspecified atom stereocenters. The molecule has 0 fully saturated rings. The lowest BCUT2D eigenvalue weighted by Gasteiger charge is -2.29. The van der Waals surface area contributed by atoms with Crippen molar-refractivity contribution in [3.05, 3.63) is 23.4 Å². The Labute approximate surface area is 117 Å². The van der Waals surface area contributed by atoms with Gasteiger partial charge in [0, 0.05) is 31.9 Å². The summed E-state index contributed by atoms with van der Waals surface area (Å²) < 4.78 is 5.17. The van der Waals surface area contributed by atoms with Gasteiger partial charge in [-0.25, -0.2) is 4.98 Å². The van der Waals surface area contributed by atoms with Crippen molar-refractivity contribution < 1.29 is 4.74 Å². The Morgan fingerprint density at radius 3 is 2.53 bits per heavy atom. The molecule has 108 valence electrons. The van der Waals surface area contributed by atoms with Crippen molar-refractivity contribution in [2.75, 3.05) is 25.2 Å². The van der Waals surface area contributed by atoms with Gasteiger partial charge in [0.05, 0.1) is 6.61 Å². The Hall–Kier alpha value is -1.13. The number of aromatic nitrogens is 1. The number of aryl methyl sites for hydroxylation is 1. The van der Waals surface area contributed by atoms with Crippen molar-refractivity contribution in [1.29, 1.82) is 0 Å². The van der Waals surface area contributed by atoms with Crippen LogP contribution in [0.25, 0.3) is 0 Å². The smallest absolute Gasteiger partial charge is 0.131 e. The number of rotatable bonds is 7. The van der Waals surface area contributed by atoms with Gasteiger partial charge >= 0.3 is 0 Å². The van der Waals surface area contributed by atoms with Gasteiger partial charge < -0.3 is 15.4 Å². The molecule has 4 heteroatoms. The highest BCUT2D eigenvalue weighted by Gasteiger charge is 2.14. The van der Waals surface area contributed by atoms with Crippen LogP contribution in [0.5, 0.6) is 0 Å². The molecule has 4 nitrogen and oxygen atoms in total. The predicted molar refractivity (Wildman–Crippen MR) is 80.7 cm³/mol. The molecule has 1 atom stereocenters. The quantitative estimate of drug-likeness (QED) is 0.820. The minimum absolute atomic E-state index is 0.168. The van der Waals surface area contributed by atoms with E-state index in [1.807, 2.05) is 13.1 Å². The zero-order chi connectivity index (χ0) is 14.4. The molecular weight excluding hydrogens is 238 g/mol. The third-order valence-electron chi connectivity index (χ3n) is 3.10. The summed E-state index contributed by atoms with van der Waals surface area (Å²) >= 11 is 0. The number of hydrogen-bond donors (Lipinski definition) is 1. The fourth-order valence-corrected chi connectivity index (χ4v) is 2.21. The van der Waals surface area contributed by atoms with Crippen LogP contribution in [0.3, 0.4) is 0 Å². The summed E-state index contributed by atoms with van der Waals surface area (Å²) in [6.45, 7) is 10.0. The van der Waals surface area contributed by atoms with E-state index in [-0.39, 0.29) is 6.04 Å². The number of anilines is 1. The van der Waals surface area contributed by atoms with Crippen molar-refractivity contribution in [1.82, 2.24) is 4.98 Å². The van der Waals surface area contributed by atoms with Crippen molar-refractivity contribution in [2.45, 2.75) is 46.2 Å². The van der Waals surface area contributed by atoms with E-state index in [9.17, 15) is 0 Å². The Balaban J connectivity index is 2.91. The average molecular weight is 265 g/mol. The normalized spacial score (nSPS) is 12.8. The number of pyridine rings is 1. The van der Waals surface area contributed by atoms with Crippen LogP contribution < -0.4 is 10.6 Å². The minimum atomic E-state index is 0.168. The van der Waals surface area contributed by atoms with Gasteiger partial charge in [0.15, 0.2) is 0 Å². The number of nitrogens with zero attached hydrogens (tertiary/aromatic N) is 2. The van der Waals surface area contributed by atoms with E-state index in [1.165, 1.54) is 11.1 Å². The van der Waals surface area contributed by atoms with Crippen molar-refractivity contribution in [2.24, 2.45) is 5.73 Å². The van der Waals surface area contributed by atoms with Crippen molar-refractivity contribution in [3.8, 4) is 0 Å². The first-order valence-electron chi connectivity index (χ1n) is 6.92. The van der Waals surface area contributed by atoms with Gasteiger partial charge in [-0.2, -0.15) is 0 Å². The molecule has 0 aliphatic heterocycles. The van der Waals surface area contributed by atoms with Crippen LogP contribution in [0.2, 0.25) is 0 Å². The van der Waals surface area contributed by atoms with Crippen LogP contribution in [0.4, 0.5) is 5.82 Å². The van der Waals surface area contributed by atoms with E-state index in [1.54, 1.807) is 7.11 Å². The van der Waals surface area contributed by atoms with Gasteiger partial charge in [-0.3, -0.25) is 0 Å². The highest BCUT2D eigenvalue weighted by molar-refractivity contribution is 5.48. The van der Waals surface area contributed by atoms with Gasteiger partial charge in [0.25, 0.3) is 0 Å². The fourth-order valence-electron chi connectivity index (χ4n) is 2.21. The van der Waals surface area contributed by atoms with Gasteiger partial charge in [0.2, 0.25) is 0 Å². The molecule has 1 aromatic heterocycles.